The second-order valence-corrected chi connectivity index (χ2v) is 4.29. The third-order valence-electron chi connectivity index (χ3n) is 1.28. The Morgan fingerprint density at radius 3 is 3.07 bits per heavy atom. The number of aromatic nitrogens is 4. The molecule has 0 radical (unpaired) electrons. The van der Waals surface area contributed by atoms with Gasteiger partial charge in [0.05, 0.1) is 0 Å². The molecule has 0 atom stereocenters. The summed E-state index contributed by atoms with van der Waals surface area (Å²) >= 11 is 2.51. The first-order valence-electron chi connectivity index (χ1n) is 3.48. The minimum Gasteiger partial charge on any atom is -0.476 e. The van der Waals surface area contributed by atoms with Gasteiger partial charge in [-0.25, -0.2) is 14.8 Å². The van der Waals surface area contributed by atoms with Gasteiger partial charge in [-0.05, 0) is 11.8 Å². The summed E-state index contributed by atoms with van der Waals surface area (Å²) in [4.78, 5) is 18.3. The molecular formula is C6H4N4O2S2. The zero-order valence-electron chi connectivity index (χ0n) is 6.67. The minimum absolute atomic E-state index is 0.0528. The maximum Gasteiger partial charge on any atom is 0.355 e. The van der Waals surface area contributed by atoms with Crippen molar-refractivity contribution in [3.63, 3.8) is 0 Å². The molecule has 0 saturated heterocycles. The average molecular weight is 228 g/mol. The van der Waals surface area contributed by atoms with E-state index in [0.717, 1.165) is 0 Å². The number of aromatic carboxylic acids is 1. The van der Waals surface area contributed by atoms with Crippen molar-refractivity contribution in [3.05, 3.63) is 17.4 Å². The Morgan fingerprint density at radius 1 is 1.64 bits per heavy atom. The molecule has 72 valence electrons. The molecule has 2 N–H and O–H groups in total. The van der Waals surface area contributed by atoms with Gasteiger partial charge in [0.25, 0.3) is 0 Å². The number of carbonyl (C=O) groups is 1. The van der Waals surface area contributed by atoms with Gasteiger partial charge < -0.3 is 5.11 Å². The van der Waals surface area contributed by atoms with Crippen molar-refractivity contribution in [2.24, 2.45) is 0 Å². The lowest BCUT2D eigenvalue weighted by Crippen LogP contribution is -1.95. The van der Waals surface area contributed by atoms with Crippen molar-refractivity contribution < 1.29 is 9.90 Å². The number of hydrogen-bond acceptors (Lipinski definition) is 6. The largest absolute Gasteiger partial charge is 0.476 e. The number of carboxylic acids is 1. The molecule has 0 bridgehead atoms. The molecule has 0 aliphatic carbocycles. The van der Waals surface area contributed by atoms with E-state index < -0.39 is 5.97 Å². The summed E-state index contributed by atoms with van der Waals surface area (Å²) in [7, 11) is 0. The van der Waals surface area contributed by atoms with Gasteiger partial charge in [0, 0.05) is 5.38 Å². The number of nitrogens with one attached hydrogen (secondary N) is 1. The number of H-pyrrole nitrogens is 1. The molecule has 0 aliphatic heterocycles. The van der Waals surface area contributed by atoms with Crippen LogP contribution in [0, 0.1) is 0 Å². The monoisotopic (exact) mass is 228 g/mol. The summed E-state index contributed by atoms with van der Waals surface area (Å²) < 4.78 is 0.624. The quantitative estimate of drug-likeness (QED) is 0.817. The third kappa shape index (κ3) is 1.91. The van der Waals surface area contributed by atoms with Crippen molar-refractivity contribution in [1.29, 1.82) is 0 Å². The molecule has 0 amide bonds. The van der Waals surface area contributed by atoms with Crippen LogP contribution >= 0.6 is 23.1 Å². The highest BCUT2D eigenvalue weighted by Gasteiger charge is 2.10. The van der Waals surface area contributed by atoms with E-state index >= 15 is 0 Å². The Morgan fingerprint density at radius 2 is 2.50 bits per heavy atom. The lowest BCUT2D eigenvalue weighted by molar-refractivity contribution is 0.0691. The van der Waals surface area contributed by atoms with Crippen molar-refractivity contribution in [2.45, 2.75) is 9.50 Å². The summed E-state index contributed by atoms with van der Waals surface area (Å²) in [6, 6.07) is 0. The molecule has 2 aromatic rings. The number of hydrogen-bond donors (Lipinski definition) is 2. The van der Waals surface area contributed by atoms with Crippen LogP contribution in [0.25, 0.3) is 0 Å². The Hall–Kier alpha value is -1.41. The lowest BCUT2D eigenvalue weighted by atomic mass is 10.5. The van der Waals surface area contributed by atoms with E-state index in [0.29, 0.717) is 9.50 Å². The molecule has 0 unspecified atom stereocenters. The standard InChI is InChI=1S/C6H4N4O2S2/c11-4(12)3-1-13-6(9-3)14-5-7-2-8-10-5/h1-2H,(H,11,12)(H,7,8,10). The van der Waals surface area contributed by atoms with Crippen LogP contribution in [0.4, 0.5) is 0 Å². The molecule has 0 aliphatic rings. The van der Waals surface area contributed by atoms with Crippen LogP contribution in [-0.2, 0) is 0 Å². The summed E-state index contributed by atoms with van der Waals surface area (Å²) in [6.07, 6.45) is 1.38. The molecule has 0 spiro atoms. The molecule has 2 rings (SSSR count). The Kier molecular flexibility index (Phi) is 2.46. The van der Waals surface area contributed by atoms with Gasteiger partial charge in [0.1, 0.15) is 6.33 Å². The fourth-order valence-electron chi connectivity index (χ4n) is 0.729. The van der Waals surface area contributed by atoms with Gasteiger partial charge in [-0.3, -0.25) is 5.10 Å². The maximum atomic E-state index is 10.5. The van der Waals surface area contributed by atoms with Crippen LogP contribution in [-0.4, -0.2) is 31.2 Å². The fourth-order valence-corrected chi connectivity index (χ4v) is 2.33. The first kappa shape index (κ1) is 9.16. The van der Waals surface area contributed by atoms with Crippen LogP contribution in [0.2, 0.25) is 0 Å². The molecule has 2 aromatic heterocycles. The van der Waals surface area contributed by atoms with Crippen molar-refractivity contribution in [1.82, 2.24) is 20.2 Å². The SMILES string of the molecule is O=C(O)c1csc(Sc2ncn[nH]2)n1. The highest BCUT2D eigenvalue weighted by Crippen LogP contribution is 2.27. The smallest absolute Gasteiger partial charge is 0.355 e. The fraction of sp³-hybridized carbons (Fsp3) is 0. The van der Waals surface area contributed by atoms with Crippen LogP contribution < -0.4 is 0 Å². The predicted octanol–water partition coefficient (Wildman–Crippen LogP) is 1.11. The number of rotatable bonds is 3. The van der Waals surface area contributed by atoms with Gasteiger partial charge in [0.2, 0.25) is 0 Å². The van der Waals surface area contributed by atoms with Gasteiger partial charge in [0.15, 0.2) is 15.2 Å². The number of carboxylic acid groups (broad SMARTS) is 1. The van der Waals surface area contributed by atoms with Crippen LogP contribution in [0.3, 0.4) is 0 Å². The first-order chi connectivity index (χ1) is 6.75. The zero-order chi connectivity index (χ0) is 9.97. The van der Waals surface area contributed by atoms with E-state index in [1.54, 1.807) is 0 Å². The number of aromatic amines is 1. The third-order valence-corrected chi connectivity index (χ3v) is 3.11. The van der Waals surface area contributed by atoms with E-state index in [1.165, 1.54) is 34.8 Å². The molecule has 0 aromatic carbocycles. The van der Waals surface area contributed by atoms with Crippen LogP contribution in [0.15, 0.2) is 21.2 Å². The van der Waals surface area contributed by atoms with Gasteiger partial charge in [-0.1, -0.05) is 0 Å². The molecule has 6 nitrogen and oxygen atoms in total. The number of nitrogens with zero attached hydrogens (tertiary/aromatic N) is 3. The van der Waals surface area contributed by atoms with E-state index in [-0.39, 0.29) is 5.69 Å². The summed E-state index contributed by atoms with van der Waals surface area (Å²) in [5, 5.41) is 17.0. The lowest BCUT2D eigenvalue weighted by Gasteiger charge is -1.87. The summed E-state index contributed by atoms with van der Waals surface area (Å²) in [5.41, 5.74) is 0.0528. The Bertz CT molecular complexity index is 438. The number of thiazole rings is 1. The minimum atomic E-state index is -1.02. The van der Waals surface area contributed by atoms with Gasteiger partial charge >= 0.3 is 5.97 Å². The molecule has 2 heterocycles. The van der Waals surface area contributed by atoms with Crippen molar-refractivity contribution >= 4 is 29.1 Å². The normalized spacial score (nSPS) is 10.3. The molecular weight excluding hydrogens is 224 g/mol. The predicted molar refractivity (Wildman–Crippen MR) is 49.6 cm³/mol. The highest BCUT2D eigenvalue weighted by molar-refractivity contribution is 8.00. The molecule has 14 heavy (non-hydrogen) atoms. The summed E-state index contributed by atoms with van der Waals surface area (Å²) in [6.45, 7) is 0. The molecule has 0 fully saturated rings. The molecule has 8 heteroatoms. The topological polar surface area (TPSA) is 91.8 Å². The van der Waals surface area contributed by atoms with E-state index in [9.17, 15) is 4.79 Å². The van der Waals surface area contributed by atoms with E-state index in [4.69, 9.17) is 5.11 Å². The maximum absolute atomic E-state index is 10.5. The van der Waals surface area contributed by atoms with Crippen molar-refractivity contribution in [3.8, 4) is 0 Å². The first-order valence-corrected chi connectivity index (χ1v) is 5.17. The zero-order valence-corrected chi connectivity index (χ0v) is 8.30. The van der Waals surface area contributed by atoms with Gasteiger partial charge in [-0.15, -0.1) is 11.3 Å². The highest BCUT2D eigenvalue weighted by atomic mass is 32.2. The Labute approximate surface area is 86.4 Å². The molecule has 0 saturated carbocycles. The van der Waals surface area contributed by atoms with Crippen LogP contribution in [0.1, 0.15) is 10.5 Å². The van der Waals surface area contributed by atoms with Crippen LogP contribution in [0.5, 0.6) is 0 Å². The van der Waals surface area contributed by atoms with Gasteiger partial charge in [-0.2, -0.15) is 5.10 Å². The van der Waals surface area contributed by atoms with E-state index in [1.807, 2.05) is 0 Å². The second-order valence-electron chi connectivity index (χ2n) is 2.20. The average Bonchev–Trinajstić information content (AvgIpc) is 2.75. The second kappa shape index (κ2) is 3.76. The van der Waals surface area contributed by atoms with E-state index in [2.05, 4.69) is 20.2 Å². The van der Waals surface area contributed by atoms with Crippen molar-refractivity contribution in [2.75, 3.05) is 0 Å². The Balaban J connectivity index is 2.14. The summed E-state index contributed by atoms with van der Waals surface area (Å²) in [5.74, 6) is -1.02.